The van der Waals surface area contributed by atoms with E-state index in [1.807, 2.05) is 6.07 Å². The SMILES string of the molecule is COc1ccc(CCC(=O)OCC(=O)NCc2ccccc2F)cc1OC. The molecule has 7 heteroatoms. The third-order valence-electron chi connectivity index (χ3n) is 3.86. The van der Waals surface area contributed by atoms with E-state index in [9.17, 15) is 14.0 Å². The van der Waals surface area contributed by atoms with Gasteiger partial charge in [-0.05, 0) is 30.2 Å². The van der Waals surface area contributed by atoms with Crippen LogP contribution in [0.25, 0.3) is 0 Å². The Morgan fingerprint density at radius 3 is 2.48 bits per heavy atom. The molecule has 0 fully saturated rings. The van der Waals surface area contributed by atoms with Crippen molar-refractivity contribution in [2.24, 2.45) is 0 Å². The third-order valence-corrected chi connectivity index (χ3v) is 3.86. The zero-order valence-electron chi connectivity index (χ0n) is 15.3. The Labute approximate surface area is 157 Å². The summed E-state index contributed by atoms with van der Waals surface area (Å²) in [5.74, 6) is -0.195. The van der Waals surface area contributed by atoms with E-state index < -0.39 is 24.3 Å². The molecule has 0 aliphatic heterocycles. The molecule has 6 nitrogen and oxygen atoms in total. The molecule has 1 amide bonds. The minimum atomic E-state index is -0.495. The number of rotatable bonds is 9. The number of carbonyl (C=O) groups excluding carboxylic acids is 2. The van der Waals surface area contributed by atoms with Gasteiger partial charge in [0.05, 0.1) is 14.2 Å². The van der Waals surface area contributed by atoms with Crippen LogP contribution in [0, 0.1) is 5.82 Å². The quantitative estimate of drug-likeness (QED) is 0.682. The van der Waals surface area contributed by atoms with Gasteiger partial charge in [-0.2, -0.15) is 0 Å². The van der Waals surface area contributed by atoms with Gasteiger partial charge in [0.25, 0.3) is 5.91 Å². The highest BCUT2D eigenvalue weighted by Crippen LogP contribution is 2.27. The summed E-state index contributed by atoms with van der Waals surface area (Å²) < 4.78 is 28.8. The van der Waals surface area contributed by atoms with Crippen LogP contribution >= 0.6 is 0 Å². The fourth-order valence-corrected chi connectivity index (χ4v) is 2.39. The number of hydrogen-bond acceptors (Lipinski definition) is 5. The van der Waals surface area contributed by atoms with Crippen LogP contribution in [0.15, 0.2) is 42.5 Å². The Morgan fingerprint density at radius 1 is 1.04 bits per heavy atom. The van der Waals surface area contributed by atoms with E-state index in [0.717, 1.165) is 5.56 Å². The van der Waals surface area contributed by atoms with Crippen molar-refractivity contribution in [2.45, 2.75) is 19.4 Å². The highest BCUT2D eigenvalue weighted by Gasteiger charge is 2.10. The van der Waals surface area contributed by atoms with E-state index >= 15 is 0 Å². The number of nitrogens with one attached hydrogen (secondary N) is 1. The molecule has 1 N–H and O–H groups in total. The lowest BCUT2D eigenvalue weighted by molar-refractivity contribution is -0.148. The van der Waals surface area contributed by atoms with Crippen molar-refractivity contribution in [1.29, 1.82) is 0 Å². The molecule has 2 aromatic carbocycles. The van der Waals surface area contributed by atoms with Crippen molar-refractivity contribution in [3.8, 4) is 11.5 Å². The van der Waals surface area contributed by atoms with Crippen LogP contribution in [0.2, 0.25) is 0 Å². The van der Waals surface area contributed by atoms with E-state index in [2.05, 4.69) is 5.32 Å². The van der Waals surface area contributed by atoms with Gasteiger partial charge < -0.3 is 19.5 Å². The third kappa shape index (κ3) is 6.29. The van der Waals surface area contributed by atoms with Crippen molar-refractivity contribution < 1.29 is 28.2 Å². The fourth-order valence-electron chi connectivity index (χ4n) is 2.39. The molecular formula is C20H22FNO5. The monoisotopic (exact) mass is 375 g/mol. The molecule has 0 radical (unpaired) electrons. The first-order valence-electron chi connectivity index (χ1n) is 8.40. The molecule has 27 heavy (non-hydrogen) atoms. The molecule has 0 bridgehead atoms. The standard InChI is InChI=1S/C20H22FNO5/c1-25-17-9-7-14(11-18(17)26-2)8-10-20(24)27-13-19(23)22-12-15-5-3-4-6-16(15)21/h3-7,9,11H,8,10,12-13H2,1-2H3,(H,22,23). The van der Waals surface area contributed by atoms with Gasteiger partial charge in [0.2, 0.25) is 0 Å². The minimum Gasteiger partial charge on any atom is -0.493 e. The molecule has 0 aliphatic carbocycles. The molecule has 0 saturated carbocycles. The maximum Gasteiger partial charge on any atom is 0.306 e. The van der Waals surface area contributed by atoms with Gasteiger partial charge in [-0.25, -0.2) is 4.39 Å². The maximum atomic E-state index is 13.5. The summed E-state index contributed by atoms with van der Waals surface area (Å²) in [7, 11) is 3.09. The highest BCUT2D eigenvalue weighted by atomic mass is 19.1. The summed E-state index contributed by atoms with van der Waals surface area (Å²) in [6.45, 7) is -0.367. The second kappa shape index (κ2) is 10.2. The molecule has 0 saturated heterocycles. The number of esters is 1. The van der Waals surface area contributed by atoms with Gasteiger partial charge in [-0.1, -0.05) is 24.3 Å². The number of methoxy groups -OCH3 is 2. The largest absolute Gasteiger partial charge is 0.493 e. The van der Waals surface area contributed by atoms with Gasteiger partial charge in [0, 0.05) is 18.5 Å². The van der Waals surface area contributed by atoms with E-state index in [1.165, 1.54) is 13.2 Å². The first-order chi connectivity index (χ1) is 13.0. The molecule has 0 heterocycles. The van der Waals surface area contributed by atoms with E-state index in [-0.39, 0.29) is 13.0 Å². The lowest BCUT2D eigenvalue weighted by atomic mass is 10.1. The average Bonchev–Trinajstić information content (AvgIpc) is 2.69. The second-order valence-corrected chi connectivity index (χ2v) is 5.72. The van der Waals surface area contributed by atoms with E-state index in [1.54, 1.807) is 37.4 Å². The van der Waals surface area contributed by atoms with Crippen molar-refractivity contribution >= 4 is 11.9 Å². The smallest absolute Gasteiger partial charge is 0.306 e. The average molecular weight is 375 g/mol. The highest BCUT2D eigenvalue weighted by molar-refractivity contribution is 5.80. The van der Waals surface area contributed by atoms with Crippen LogP contribution in [0.3, 0.4) is 0 Å². The molecule has 0 spiro atoms. The van der Waals surface area contributed by atoms with Crippen molar-refractivity contribution in [2.75, 3.05) is 20.8 Å². The second-order valence-electron chi connectivity index (χ2n) is 5.72. The number of benzene rings is 2. The Morgan fingerprint density at radius 2 is 1.78 bits per heavy atom. The molecule has 0 aliphatic rings. The Hall–Kier alpha value is -3.09. The molecule has 2 aromatic rings. The van der Waals surface area contributed by atoms with Crippen LogP contribution in [0.1, 0.15) is 17.5 Å². The summed E-state index contributed by atoms with van der Waals surface area (Å²) in [5, 5.41) is 2.51. The molecule has 0 aromatic heterocycles. The summed E-state index contributed by atoms with van der Waals surface area (Å²) in [6.07, 6.45) is 0.562. The Kier molecular flexibility index (Phi) is 7.61. The predicted octanol–water partition coefficient (Wildman–Crippen LogP) is 2.64. The van der Waals surface area contributed by atoms with Gasteiger partial charge in [0.15, 0.2) is 18.1 Å². The first kappa shape index (κ1) is 20.2. The molecule has 144 valence electrons. The topological polar surface area (TPSA) is 73.9 Å². The van der Waals surface area contributed by atoms with E-state index in [4.69, 9.17) is 14.2 Å². The maximum absolute atomic E-state index is 13.5. The van der Waals surface area contributed by atoms with Crippen molar-refractivity contribution in [3.63, 3.8) is 0 Å². The van der Waals surface area contributed by atoms with E-state index in [0.29, 0.717) is 23.5 Å². The van der Waals surface area contributed by atoms with Gasteiger partial charge >= 0.3 is 5.97 Å². The van der Waals surface area contributed by atoms with Crippen molar-refractivity contribution in [1.82, 2.24) is 5.32 Å². The molecule has 0 atom stereocenters. The minimum absolute atomic E-state index is 0.0364. The summed E-state index contributed by atoms with van der Waals surface area (Å²) in [5.41, 5.74) is 1.25. The Bertz CT molecular complexity index is 794. The molecular weight excluding hydrogens is 353 g/mol. The lowest BCUT2D eigenvalue weighted by Crippen LogP contribution is -2.28. The zero-order chi connectivity index (χ0) is 19.6. The first-order valence-corrected chi connectivity index (χ1v) is 8.40. The van der Waals surface area contributed by atoms with Gasteiger partial charge in [0.1, 0.15) is 5.82 Å². The number of amides is 1. The van der Waals surface area contributed by atoms with Crippen molar-refractivity contribution in [3.05, 3.63) is 59.4 Å². The van der Waals surface area contributed by atoms with Gasteiger partial charge in [-0.15, -0.1) is 0 Å². The van der Waals surface area contributed by atoms with Crippen LogP contribution in [-0.4, -0.2) is 32.7 Å². The Balaban J connectivity index is 1.73. The van der Waals surface area contributed by atoms with Crippen LogP contribution in [0.4, 0.5) is 4.39 Å². The fraction of sp³-hybridized carbons (Fsp3) is 0.300. The lowest BCUT2D eigenvalue weighted by Gasteiger charge is -2.10. The van der Waals surface area contributed by atoms with Crippen LogP contribution < -0.4 is 14.8 Å². The van der Waals surface area contributed by atoms with Gasteiger partial charge in [-0.3, -0.25) is 9.59 Å². The molecule has 2 rings (SSSR count). The summed E-state index contributed by atoms with van der Waals surface area (Å²) in [6, 6.07) is 11.5. The predicted molar refractivity (Wildman–Crippen MR) is 97.1 cm³/mol. The number of aryl methyl sites for hydroxylation is 1. The van der Waals surface area contributed by atoms with Crippen LogP contribution in [0.5, 0.6) is 11.5 Å². The summed E-state index contributed by atoms with van der Waals surface area (Å²) >= 11 is 0. The normalized spacial score (nSPS) is 10.2. The van der Waals surface area contributed by atoms with Crippen LogP contribution in [-0.2, 0) is 27.3 Å². The number of hydrogen-bond donors (Lipinski definition) is 1. The summed E-state index contributed by atoms with van der Waals surface area (Å²) in [4.78, 5) is 23.5. The number of ether oxygens (including phenoxy) is 3. The zero-order valence-corrected chi connectivity index (χ0v) is 15.3. The number of carbonyl (C=O) groups is 2. The molecule has 0 unspecified atom stereocenters. The number of halogens is 1.